The Hall–Kier alpha value is -3.22. The summed E-state index contributed by atoms with van der Waals surface area (Å²) in [6.07, 6.45) is 0.603. The van der Waals surface area contributed by atoms with Crippen molar-refractivity contribution >= 4 is 0 Å². The van der Waals surface area contributed by atoms with Gasteiger partial charge < -0.3 is 24.1 Å². The number of benzene rings is 3. The maximum atomic E-state index is 11.3. The average molecular weight is 448 g/mol. The molecule has 33 heavy (non-hydrogen) atoms. The summed E-state index contributed by atoms with van der Waals surface area (Å²) in [5.74, 6) is 2.87. The zero-order valence-electron chi connectivity index (χ0n) is 19.0. The molecule has 3 aromatic rings. The van der Waals surface area contributed by atoms with Gasteiger partial charge in [-0.15, -0.1) is 0 Å². The average Bonchev–Trinajstić information content (AvgIpc) is 3.30. The second-order valence-electron chi connectivity index (χ2n) is 8.51. The molecule has 0 aliphatic carbocycles. The lowest BCUT2D eigenvalue weighted by Crippen LogP contribution is -2.28. The Morgan fingerprint density at radius 2 is 1.76 bits per heavy atom. The van der Waals surface area contributed by atoms with Crippen LogP contribution in [0.25, 0.3) is 0 Å². The van der Waals surface area contributed by atoms with Crippen molar-refractivity contribution in [1.82, 2.24) is 4.90 Å². The van der Waals surface area contributed by atoms with E-state index < -0.39 is 6.10 Å². The van der Waals surface area contributed by atoms with Crippen LogP contribution < -0.4 is 18.9 Å². The lowest BCUT2D eigenvalue weighted by Gasteiger charge is -2.29. The van der Waals surface area contributed by atoms with Crippen molar-refractivity contribution in [3.8, 4) is 23.0 Å². The van der Waals surface area contributed by atoms with Crippen molar-refractivity contribution in [3.05, 3.63) is 82.4 Å². The molecule has 6 heteroatoms. The Labute approximate surface area is 194 Å². The Kier molecular flexibility index (Phi) is 6.11. The molecule has 2 heterocycles. The molecule has 1 unspecified atom stereocenters. The van der Waals surface area contributed by atoms with Crippen molar-refractivity contribution in [1.29, 1.82) is 0 Å². The predicted molar refractivity (Wildman–Crippen MR) is 125 cm³/mol. The zero-order chi connectivity index (χ0) is 22.8. The summed E-state index contributed by atoms with van der Waals surface area (Å²) in [6.45, 7) is 2.53. The highest BCUT2D eigenvalue weighted by atomic mass is 16.7. The molecule has 6 nitrogen and oxygen atoms in total. The molecule has 0 saturated carbocycles. The van der Waals surface area contributed by atoms with Gasteiger partial charge in [0.15, 0.2) is 23.0 Å². The fourth-order valence-corrected chi connectivity index (χ4v) is 4.80. The van der Waals surface area contributed by atoms with Gasteiger partial charge in [-0.3, -0.25) is 4.90 Å². The third kappa shape index (κ3) is 4.36. The second-order valence-corrected chi connectivity index (χ2v) is 8.51. The minimum atomic E-state index is -0.660. The molecule has 2 aliphatic rings. The highest BCUT2D eigenvalue weighted by Gasteiger charge is 2.26. The van der Waals surface area contributed by atoms with Crippen LogP contribution >= 0.6 is 0 Å². The highest BCUT2D eigenvalue weighted by molar-refractivity contribution is 5.53. The maximum absolute atomic E-state index is 11.3. The number of ether oxygens (including phenoxy) is 4. The van der Waals surface area contributed by atoms with Crippen molar-refractivity contribution in [3.63, 3.8) is 0 Å². The number of nitrogens with zero attached hydrogens (tertiary/aromatic N) is 1. The molecule has 3 aromatic carbocycles. The number of aliphatic hydroxyl groups excluding tert-OH is 1. The van der Waals surface area contributed by atoms with E-state index in [0.29, 0.717) is 24.5 Å². The summed E-state index contributed by atoms with van der Waals surface area (Å²) in [7, 11) is 3.32. The minimum absolute atomic E-state index is 0.217. The van der Waals surface area contributed by atoms with Crippen molar-refractivity contribution < 1.29 is 24.1 Å². The maximum Gasteiger partial charge on any atom is 0.231 e. The van der Waals surface area contributed by atoms with Crippen LogP contribution in [-0.4, -0.2) is 37.6 Å². The molecule has 2 aliphatic heterocycles. The van der Waals surface area contributed by atoms with Gasteiger partial charge in [0, 0.05) is 31.6 Å². The molecule has 0 fully saturated rings. The monoisotopic (exact) mass is 447 g/mol. The van der Waals surface area contributed by atoms with Crippen LogP contribution in [0, 0.1) is 0 Å². The zero-order valence-corrected chi connectivity index (χ0v) is 19.0. The van der Waals surface area contributed by atoms with Crippen molar-refractivity contribution in [2.75, 3.05) is 27.6 Å². The SMILES string of the molecule is COc1ccc2c(c1OC)CN(Cc1ccccc1)CCc1cc3c(cc1C(O)C2)OCO3. The Morgan fingerprint density at radius 1 is 0.970 bits per heavy atom. The third-order valence-electron chi connectivity index (χ3n) is 6.48. The van der Waals surface area contributed by atoms with Crippen LogP contribution in [0.5, 0.6) is 23.0 Å². The smallest absolute Gasteiger partial charge is 0.231 e. The summed E-state index contributed by atoms with van der Waals surface area (Å²) in [5.41, 5.74) is 5.33. The van der Waals surface area contributed by atoms with E-state index >= 15 is 0 Å². The van der Waals surface area contributed by atoms with E-state index in [1.54, 1.807) is 14.2 Å². The number of fused-ring (bicyclic) bond motifs is 3. The van der Waals surface area contributed by atoms with E-state index in [0.717, 1.165) is 53.3 Å². The first-order valence-corrected chi connectivity index (χ1v) is 11.3. The summed E-state index contributed by atoms with van der Waals surface area (Å²) in [4.78, 5) is 2.42. The topological polar surface area (TPSA) is 60.4 Å². The molecule has 172 valence electrons. The van der Waals surface area contributed by atoms with Gasteiger partial charge in [-0.1, -0.05) is 36.4 Å². The molecule has 0 amide bonds. The van der Waals surface area contributed by atoms with E-state index in [9.17, 15) is 5.11 Å². The number of methoxy groups -OCH3 is 2. The first kappa shape index (κ1) is 21.6. The lowest BCUT2D eigenvalue weighted by molar-refractivity contribution is 0.170. The predicted octanol–water partition coefficient (Wildman–Crippen LogP) is 4.27. The number of hydrogen-bond acceptors (Lipinski definition) is 6. The largest absolute Gasteiger partial charge is 0.493 e. The molecule has 0 radical (unpaired) electrons. The van der Waals surface area contributed by atoms with Gasteiger partial charge in [0.25, 0.3) is 0 Å². The van der Waals surface area contributed by atoms with Crippen LogP contribution in [0.4, 0.5) is 0 Å². The van der Waals surface area contributed by atoms with Gasteiger partial charge in [-0.05, 0) is 46.9 Å². The van der Waals surface area contributed by atoms with Gasteiger partial charge in [0.2, 0.25) is 6.79 Å². The van der Waals surface area contributed by atoms with Crippen LogP contribution in [0.1, 0.15) is 33.9 Å². The molecule has 5 rings (SSSR count). The van der Waals surface area contributed by atoms with Crippen LogP contribution in [0.15, 0.2) is 54.6 Å². The molecule has 1 atom stereocenters. The standard InChI is InChI=1S/C27H29NO5/c1-30-24-9-8-19-12-23(29)21-14-26-25(32-17-33-26)13-20(21)10-11-28(16-22(19)27(24)31-2)15-18-6-4-3-5-7-18/h3-9,13-14,23,29H,10-12,15-17H2,1-2H3. The Balaban J connectivity index is 1.59. The Morgan fingerprint density at radius 3 is 2.52 bits per heavy atom. The van der Waals surface area contributed by atoms with Gasteiger partial charge in [0.1, 0.15) is 0 Å². The van der Waals surface area contributed by atoms with Gasteiger partial charge >= 0.3 is 0 Å². The minimum Gasteiger partial charge on any atom is -0.493 e. The van der Waals surface area contributed by atoms with Crippen LogP contribution in [0.3, 0.4) is 0 Å². The molecule has 0 spiro atoms. The summed E-state index contributed by atoms with van der Waals surface area (Å²) in [6, 6.07) is 18.4. The second kappa shape index (κ2) is 9.33. The normalized spacial score (nSPS) is 17.7. The fraction of sp³-hybridized carbons (Fsp3) is 0.333. The molecular formula is C27H29NO5. The fourth-order valence-electron chi connectivity index (χ4n) is 4.80. The van der Waals surface area contributed by atoms with Gasteiger partial charge in [-0.25, -0.2) is 0 Å². The van der Waals surface area contributed by atoms with Crippen molar-refractivity contribution in [2.24, 2.45) is 0 Å². The van der Waals surface area contributed by atoms with Crippen LogP contribution in [-0.2, 0) is 25.9 Å². The van der Waals surface area contributed by atoms with E-state index in [1.807, 2.05) is 30.3 Å². The first-order valence-electron chi connectivity index (χ1n) is 11.3. The van der Waals surface area contributed by atoms with Crippen molar-refractivity contribution in [2.45, 2.75) is 32.0 Å². The van der Waals surface area contributed by atoms with E-state index in [1.165, 1.54) is 5.56 Å². The quantitative estimate of drug-likeness (QED) is 0.645. The molecule has 0 bridgehead atoms. The third-order valence-corrected chi connectivity index (χ3v) is 6.48. The lowest BCUT2D eigenvalue weighted by atomic mass is 9.91. The number of aliphatic hydroxyl groups is 1. The van der Waals surface area contributed by atoms with E-state index in [4.69, 9.17) is 18.9 Å². The summed E-state index contributed by atoms with van der Waals surface area (Å²) in [5, 5.41) is 11.3. The highest BCUT2D eigenvalue weighted by Crippen LogP contribution is 2.41. The Bertz CT molecular complexity index is 1130. The molecular weight excluding hydrogens is 418 g/mol. The first-order chi connectivity index (χ1) is 16.2. The van der Waals surface area contributed by atoms with Crippen LogP contribution in [0.2, 0.25) is 0 Å². The van der Waals surface area contributed by atoms with E-state index in [2.05, 4.69) is 29.2 Å². The number of rotatable bonds is 4. The summed E-state index contributed by atoms with van der Waals surface area (Å²) < 4.78 is 22.6. The number of hydrogen-bond donors (Lipinski definition) is 1. The van der Waals surface area contributed by atoms with E-state index in [-0.39, 0.29) is 6.79 Å². The molecule has 0 saturated heterocycles. The summed E-state index contributed by atoms with van der Waals surface area (Å²) >= 11 is 0. The van der Waals surface area contributed by atoms with Gasteiger partial charge in [0.05, 0.1) is 20.3 Å². The molecule has 0 aromatic heterocycles. The molecule has 1 N–H and O–H groups in total. The van der Waals surface area contributed by atoms with Gasteiger partial charge in [-0.2, -0.15) is 0 Å².